The van der Waals surface area contributed by atoms with Gasteiger partial charge >= 0.3 is 0 Å². The van der Waals surface area contributed by atoms with E-state index in [-0.39, 0.29) is 24.8 Å². The van der Waals surface area contributed by atoms with Crippen molar-refractivity contribution in [3.05, 3.63) is 93.5 Å². The summed E-state index contributed by atoms with van der Waals surface area (Å²) in [5.74, 6) is 0.876. The van der Waals surface area contributed by atoms with E-state index in [0.717, 1.165) is 16.7 Å². The number of rotatable bonds is 12. The number of halogens is 2. The van der Waals surface area contributed by atoms with E-state index in [1.165, 1.54) is 0 Å². The summed E-state index contributed by atoms with van der Waals surface area (Å²) >= 11 is 12.4. The van der Waals surface area contributed by atoms with Gasteiger partial charge in [-0.15, -0.1) is 0 Å². The Morgan fingerprint density at radius 1 is 0.865 bits per heavy atom. The molecule has 1 N–H and O–H groups in total. The first kappa shape index (κ1) is 28.4. The molecule has 3 aromatic carbocycles. The molecule has 0 aliphatic carbocycles. The zero-order valence-corrected chi connectivity index (χ0v) is 22.8. The summed E-state index contributed by atoms with van der Waals surface area (Å²) in [4.78, 5) is 28.6. The topological polar surface area (TPSA) is 67.9 Å². The SMILES string of the molecule is CCNC(=O)C(Cc1ccccc1)N(Cc1ccc(Cl)c(Cl)c1)C(=O)CCc1ccc(OC)c(OC)c1. The quantitative estimate of drug-likeness (QED) is 0.317. The smallest absolute Gasteiger partial charge is 0.243 e. The minimum Gasteiger partial charge on any atom is -0.493 e. The molecule has 0 aliphatic rings. The van der Waals surface area contributed by atoms with Gasteiger partial charge in [0, 0.05) is 25.9 Å². The molecule has 6 nitrogen and oxygen atoms in total. The van der Waals surface area contributed by atoms with E-state index in [2.05, 4.69) is 5.32 Å². The number of ether oxygens (including phenoxy) is 2. The Bertz CT molecular complexity index is 1200. The average molecular weight is 543 g/mol. The van der Waals surface area contributed by atoms with Crippen molar-refractivity contribution in [2.75, 3.05) is 20.8 Å². The van der Waals surface area contributed by atoms with Crippen LogP contribution in [0.3, 0.4) is 0 Å². The molecule has 1 atom stereocenters. The number of aryl methyl sites for hydroxylation is 1. The van der Waals surface area contributed by atoms with Gasteiger partial charge in [-0.1, -0.05) is 65.7 Å². The molecule has 0 spiro atoms. The fourth-order valence-electron chi connectivity index (χ4n) is 4.11. The number of carbonyl (C=O) groups is 2. The second kappa shape index (κ2) is 13.9. The summed E-state index contributed by atoms with van der Waals surface area (Å²) in [5, 5.41) is 3.73. The van der Waals surface area contributed by atoms with Gasteiger partial charge in [-0.25, -0.2) is 0 Å². The molecule has 0 saturated heterocycles. The molecule has 0 radical (unpaired) electrons. The number of nitrogens with one attached hydrogen (secondary N) is 1. The van der Waals surface area contributed by atoms with Gasteiger partial charge in [0.05, 0.1) is 24.3 Å². The van der Waals surface area contributed by atoms with Crippen molar-refractivity contribution < 1.29 is 19.1 Å². The molecular formula is C29H32Cl2N2O4. The summed E-state index contributed by atoms with van der Waals surface area (Å²) in [6.07, 6.45) is 1.07. The standard InChI is InChI=1S/C29H32Cl2N2O4/c1-4-32-29(35)25(17-20-8-6-5-7-9-20)33(19-22-10-13-23(30)24(31)16-22)28(34)15-12-21-11-14-26(36-2)27(18-21)37-3/h5-11,13-14,16,18,25H,4,12,15,17,19H2,1-3H3,(H,32,35). The highest BCUT2D eigenvalue weighted by molar-refractivity contribution is 6.42. The van der Waals surface area contributed by atoms with E-state index in [9.17, 15) is 9.59 Å². The molecule has 37 heavy (non-hydrogen) atoms. The lowest BCUT2D eigenvalue weighted by molar-refractivity contribution is -0.141. The third kappa shape index (κ3) is 7.88. The zero-order chi connectivity index (χ0) is 26.8. The van der Waals surface area contributed by atoms with Gasteiger partial charge in [-0.2, -0.15) is 0 Å². The molecule has 2 amide bonds. The predicted molar refractivity (Wildman–Crippen MR) is 147 cm³/mol. The highest BCUT2D eigenvalue weighted by atomic mass is 35.5. The van der Waals surface area contributed by atoms with Gasteiger partial charge < -0.3 is 19.7 Å². The van der Waals surface area contributed by atoms with E-state index >= 15 is 0 Å². The van der Waals surface area contributed by atoms with Crippen LogP contribution in [0.25, 0.3) is 0 Å². The molecule has 3 rings (SSSR count). The van der Waals surface area contributed by atoms with E-state index in [1.54, 1.807) is 31.3 Å². The van der Waals surface area contributed by atoms with E-state index < -0.39 is 6.04 Å². The van der Waals surface area contributed by atoms with Crippen molar-refractivity contribution in [3.63, 3.8) is 0 Å². The van der Waals surface area contributed by atoms with Crippen molar-refractivity contribution in [3.8, 4) is 11.5 Å². The Balaban J connectivity index is 1.90. The molecule has 0 saturated carbocycles. The molecule has 8 heteroatoms. The Hall–Kier alpha value is -3.22. The van der Waals surface area contributed by atoms with Crippen LogP contribution in [0, 0.1) is 0 Å². The first-order chi connectivity index (χ1) is 17.9. The number of likely N-dealkylation sites (N-methyl/N-ethyl adjacent to an activating group) is 1. The lowest BCUT2D eigenvalue weighted by Crippen LogP contribution is -2.50. The Kier molecular flexibility index (Phi) is 10.7. The Morgan fingerprint density at radius 3 is 2.22 bits per heavy atom. The minimum absolute atomic E-state index is 0.145. The molecular weight excluding hydrogens is 511 g/mol. The first-order valence-electron chi connectivity index (χ1n) is 12.1. The molecule has 1 unspecified atom stereocenters. The third-order valence-electron chi connectivity index (χ3n) is 6.03. The van der Waals surface area contributed by atoms with Crippen LogP contribution in [0.1, 0.15) is 30.0 Å². The maximum atomic E-state index is 13.7. The molecule has 0 aromatic heterocycles. The maximum Gasteiger partial charge on any atom is 0.243 e. The van der Waals surface area contributed by atoms with E-state index in [1.807, 2.05) is 61.5 Å². The number of hydrogen-bond donors (Lipinski definition) is 1. The van der Waals surface area contributed by atoms with Crippen molar-refractivity contribution in [1.82, 2.24) is 10.2 Å². The number of methoxy groups -OCH3 is 2. The second-order valence-corrected chi connectivity index (χ2v) is 9.37. The monoisotopic (exact) mass is 542 g/mol. The summed E-state index contributed by atoms with van der Waals surface area (Å²) in [7, 11) is 3.16. The summed E-state index contributed by atoms with van der Waals surface area (Å²) in [5.41, 5.74) is 2.68. The summed E-state index contributed by atoms with van der Waals surface area (Å²) in [6.45, 7) is 2.54. The minimum atomic E-state index is -0.699. The van der Waals surface area contributed by atoms with Crippen molar-refractivity contribution in [2.45, 2.75) is 38.8 Å². The number of benzene rings is 3. The van der Waals surface area contributed by atoms with E-state index in [4.69, 9.17) is 32.7 Å². The molecule has 3 aromatic rings. The van der Waals surface area contributed by atoms with Crippen LogP contribution in [-0.2, 0) is 29.0 Å². The fraction of sp³-hybridized carbons (Fsp3) is 0.310. The van der Waals surface area contributed by atoms with Gasteiger partial charge in [-0.05, 0) is 54.3 Å². The van der Waals surface area contributed by atoms with Crippen LogP contribution in [0.5, 0.6) is 11.5 Å². The van der Waals surface area contributed by atoms with Gasteiger partial charge in [0.2, 0.25) is 11.8 Å². The molecule has 0 bridgehead atoms. The number of amides is 2. The summed E-state index contributed by atoms with van der Waals surface area (Å²) in [6, 6.07) is 19.8. The lowest BCUT2D eigenvalue weighted by Gasteiger charge is -2.31. The average Bonchev–Trinajstić information content (AvgIpc) is 2.91. The van der Waals surface area contributed by atoms with Gasteiger partial charge in [0.15, 0.2) is 11.5 Å². The largest absolute Gasteiger partial charge is 0.493 e. The normalized spacial score (nSPS) is 11.5. The lowest BCUT2D eigenvalue weighted by atomic mass is 10.0. The fourth-order valence-corrected chi connectivity index (χ4v) is 4.43. The maximum absolute atomic E-state index is 13.7. The van der Waals surface area contributed by atoms with Crippen LogP contribution in [-0.4, -0.2) is 43.5 Å². The van der Waals surface area contributed by atoms with Gasteiger partial charge in [0.1, 0.15) is 6.04 Å². The van der Waals surface area contributed by atoms with Crippen molar-refractivity contribution in [2.24, 2.45) is 0 Å². The van der Waals surface area contributed by atoms with Crippen LogP contribution < -0.4 is 14.8 Å². The predicted octanol–water partition coefficient (Wildman–Crippen LogP) is 5.72. The molecule has 0 heterocycles. The second-order valence-electron chi connectivity index (χ2n) is 8.56. The van der Waals surface area contributed by atoms with E-state index in [0.29, 0.717) is 40.9 Å². The molecule has 196 valence electrons. The van der Waals surface area contributed by atoms with Crippen LogP contribution in [0.15, 0.2) is 66.7 Å². The Morgan fingerprint density at radius 2 is 1.57 bits per heavy atom. The zero-order valence-electron chi connectivity index (χ0n) is 21.3. The van der Waals surface area contributed by atoms with Gasteiger partial charge in [-0.3, -0.25) is 9.59 Å². The van der Waals surface area contributed by atoms with Gasteiger partial charge in [0.25, 0.3) is 0 Å². The molecule has 0 fully saturated rings. The first-order valence-corrected chi connectivity index (χ1v) is 12.9. The van der Waals surface area contributed by atoms with Crippen molar-refractivity contribution >= 4 is 35.0 Å². The Labute approximate surface area is 228 Å². The highest BCUT2D eigenvalue weighted by Gasteiger charge is 2.30. The molecule has 0 aliphatic heterocycles. The number of nitrogens with zero attached hydrogens (tertiary/aromatic N) is 1. The third-order valence-corrected chi connectivity index (χ3v) is 6.77. The van der Waals surface area contributed by atoms with Crippen LogP contribution >= 0.6 is 23.2 Å². The van der Waals surface area contributed by atoms with Crippen LogP contribution in [0.2, 0.25) is 10.0 Å². The number of hydrogen-bond acceptors (Lipinski definition) is 4. The summed E-state index contributed by atoms with van der Waals surface area (Å²) < 4.78 is 10.7. The van der Waals surface area contributed by atoms with Crippen molar-refractivity contribution in [1.29, 1.82) is 0 Å². The highest BCUT2D eigenvalue weighted by Crippen LogP contribution is 2.28. The number of carbonyl (C=O) groups excluding carboxylic acids is 2. The van der Waals surface area contributed by atoms with Crippen LogP contribution in [0.4, 0.5) is 0 Å².